The van der Waals surface area contributed by atoms with Crippen molar-refractivity contribution in [3.05, 3.63) is 82.4 Å². The number of allylic oxidation sites excluding steroid dienone is 7. The monoisotopic (exact) mass is 450 g/mol. The van der Waals surface area contributed by atoms with E-state index in [1.54, 1.807) is 6.07 Å². The molecule has 0 amide bonds. The molecule has 1 aromatic carbocycles. The molecule has 0 radical (unpaired) electrons. The molecule has 2 aliphatic carbocycles. The third-order valence-corrected chi connectivity index (χ3v) is 7.11. The molecule has 0 spiro atoms. The maximum atomic E-state index is 15.1. The number of hydrogen-bond acceptors (Lipinski definition) is 3. The van der Waals surface area contributed by atoms with Crippen LogP contribution in [-0.2, 0) is 11.2 Å². The number of fused-ring (bicyclic) bond motifs is 1. The lowest BCUT2D eigenvalue weighted by atomic mass is 9.78. The summed E-state index contributed by atoms with van der Waals surface area (Å²) in [5.41, 5.74) is 4.69. The lowest BCUT2D eigenvalue weighted by Crippen LogP contribution is -2.22. The van der Waals surface area contributed by atoms with Crippen molar-refractivity contribution in [1.29, 1.82) is 0 Å². The Hall–Kier alpha value is -2.17. The molecule has 4 rings (SSSR count). The lowest BCUT2D eigenvalue weighted by molar-refractivity contribution is 0.200. The Kier molecular flexibility index (Phi) is 8.57. The second kappa shape index (κ2) is 11.8. The number of ether oxygens (including phenoxy) is 1. The van der Waals surface area contributed by atoms with Crippen LogP contribution in [0.4, 0.5) is 4.39 Å². The molecular formula is C29H39FN2O. The van der Waals surface area contributed by atoms with E-state index in [2.05, 4.69) is 60.8 Å². The first-order valence-corrected chi connectivity index (χ1v) is 12.7. The van der Waals surface area contributed by atoms with Crippen molar-refractivity contribution in [1.82, 2.24) is 10.2 Å². The number of rotatable bonds is 9. The van der Waals surface area contributed by atoms with Crippen molar-refractivity contribution in [3.8, 4) is 0 Å². The molecule has 2 atom stereocenters. The van der Waals surface area contributed by atoms with Crippen molar-refractivity contribution < 1.29 is 9.13 Å². The lowest BCUT2D eigenvalue weighted by Gasteiger charge is -2.29. The Morgan fingerprint density at radius 2 is 2.03 bits per heavy atom. The topological polar surface area (TPSA) is 24.5 Å². The van der Waals surface area contributed by atoms with Crippen LogP contribution < -0.4 is 5.32 Å². The molecule has 1 fully saturated rings. The second-order valence-electron chi connectivity index (χ2n) is 9.77. The molecule has 0 bridgehead atoms. The van der Waals surface area contributed by atoms with Gasteiger partial charge in [0.15, 0.2) is 0 Å². The van der Waals surface area contributed by atoms with Crippen LogP contribution in [0.25, 0.3) is 0 Å². The van der Waals surface area contributed by atoms with Gasteiger partial charge in [-0.3, -0.25) is 0 Å². The van der Waals surface area contributed by atoms with Crippen molar-refractivity contribution in [3.63, 3.8) is 0 Å². The molecular weight excluding hydrogens is 411 g/mol. The molecule has 1 aromatic rings. The molecule has 3 aliphatic rings. The van der Waals surface area contributed by atoms with E-state index in [1.165, 1.54) is 30.4 Å². The van der Waals surface area contributed by atoms with Gasteiger partial charge < -0.3 is 15.0 Å². The first-order valence-electron chi connectivity index (χ1n) is 12.7. The number of nitrogens with zero attached hydrogens (tertiary/aromatic N) is 1. The van der Waals surface area contributed by atoms with E-state index >= 15 is 4.39 Å². The van der Waals surface area contributed by atoms with Crippen LogP contribution in [0.15, 0.2) is 65.5 Å². The summed E-state index contributed by atoms with van der Waals surface area (Å²) in [5.74, 6) is 1.27. The number of benzene rings is 1. The zero-order valence-electron chi connectivity index (χ0n) is 20.3. The Balaban J connectivity index is 1.54. The van der Waals surface area contributed by atoms with E-state index in [0.29, 0.717) is 18.9 Å². The summed E-state index contributed by atoms with van der Waals surface area (Å²) in [4.78, 5) is 2.18. The summed E-state index contributed by atoms with van der Waals surface area (Å²) < 4.78 is 21.4. The molecule has 3 nitrogen and oxygen atoms in total. The fraction of sp³-hybridized carbons (Fsp3) is 0.517. The standard InChI is InChI=1S/C29H39FN2O/c1-32(2)20-9-21-33-29-18-15-22-10-5-6-11-23(22)26(29)17-16-24-25(12-8-13-27(24)30)28-14-4-3-7-19-31-28/h5-6,8,10,12-13,15,18,23,28,31H,3-4,7,9,11,14,16-17,19-21H2,1-2H3. The first kappa shape index (κ1) is 24.0. The maximum absolute atomic E-state index is 15.1. The molecule has 4 heteroatoms. The highest BCUT2D eigenvalue weighted by atomic mass is 19.1. The summed E-state index contributed by atoms with van der Waals surface area (Å²) in [6, 6.07) is 5.88. The Morgan fingerprint density at radius 1 is 1.12 bits per heavy atom. The molecule has 0 aromatic heterocycles. The SMILES string of the molecule is CN(C)CCCOC1=C(CCc2c(F)cccc2C2CCCCCN2)C2CC=CC=C2C=C1. The fourth-order valence-electron chi connectivity index (χ4n) is 5.33. The minimum Gasteiger partial charge on any atom is -0.494 e. The average molecular weight is 451 g/mol. The fourth-order valence-corrected chi connectivity index (χ4v) is 5.33. The number of hydrogen-bond donors (Lipinski definition) is 1. The van der Waals surface area contributed by atoms with Crippen molar-refractivity contribution >= 4 is 0 Å². The van der Waals surface area contributed by atoms with Gasteiger partial charge in [0.05, 0.1) is 6.61 Å². The van der Waals surface area contributed by atoms with Gasteiger partial charge in [-0.05, 0) is 93.6 Å². The Labute approximate surface area is 199 Å². The van der Waals surface area contributed by atoms with Crippen LogP contribution >= 0.6 is 0 Å². The summed E-state index contributed by atoms with van der Waals surface area (Å²) in [6.45, 7) is 2.74. The van der Waals surface area contributed by atoms with Crippen LogP contribution in [0.1, 0.15) is 62.1 Å². The van der Waals surface area contributed by atoms with Gasteiger partial charge in [0.2, 0.25) is 0 Å². The average Bonchev–Trinajstić information content (AvgIpc) is 3.11. The summed E-state index contributed by atoms with van der Waals surface area (Å²) in [6.07, 6.45) is 19.2. The van der Waals surface area contributed by atoms with E-state index < -0.39 is 0 Å². The van der Waals surface area contributed by atoms with Crippen LogP contribution in [0.2, 0.25) is 0 Å². The summed E-state index contributed by atoms with van der Waals surface area (Å²) in [5, 5.41) is 3.66. The Bertz CT molecular complexity index is 920. The Morgan fingerprint density at radius 3 is 2.91 bits per heavy atom. The molecule has 1 aliphatic heterocycles. The van der Waals surface area contributed by atoms with Gasteiger partial charge in [-0.2, -0.15) is 0 Å². The minimum absolute atomic E-state index is 0.0711. The highest BCUT2D eigenvalue weighted by Crippen LogP contribution is 2.38. The van der Waals surface area contributed by atoms with Crippen LogP contribution in [-0.4, -0.2) is 38.7 Å². The van der Waals surface area contributed by atoms with Crippen LogP contribution in [0.3, 0.4) is 0 Å². The third kappa shape index (κ3) is 6.24. The maximum Gasteiger partial charge on any atom is 0.126 e. The van der Waals surface area contributed by atoms with Gasteiger partial charge in [-0.1, -0.05) is 49.3 Å². The normalized spacial score (nSPS) is 22.8. The molecule has 1 saturated heterocycles. The van der Waals surface area contributed by atoms with E-state index in [9.17, 15) is 0 Å². The predicted octanol–water partition coefficient (Wildman–Crippen LogP) is 6.26. The molecule has 2 unspecified atom stereocenters. The zero-order chi connectivity index (χ0) is 23.0. The van der Waals surface area contributed by atoms with Crippen molar-refractivity contribution in [2.24, 2.45) is 5.92 Å². The van der Waals surface area contributed by atoms with Gasteiger partial charge in [0.1, 0.15) is 11.6 Å². The van der Waals surface area contributed by atoms with Gasteiger partial charge in [-0.15, -0.1) is 0 Å². The quantitative estimate of drug-likeness (QED) is 0.450. The second-order valence-corrected chi connectivity index (χ2v) is 9.77. The number of nitrogens with one attached hydrogen (secondary N) is 1. The van der Waals surface area contributed by atoms with E-state index in [4.69, 9.17) is 4.74 Å². The van der Waals surface area contributed by atoms with Crippen LogP contribution in [0.5, 0.6) is 0 Å². The molecule has 178 valence electrons. The third-order valence-electron chi connectivity index (χ3n) is 7.11. The smallest absolute Gasteiger partial charge is 0.126 e. The van der Waals surface area contributed by atoms with Crippen molar-refractivity contribution in [2.75, 3.05) is 33.8 Å². The van der Waals surface area contributed by atoms with E-state index in [0.717, 1.165) is 55.7 Å². The van der Waals surface area contributed by atoms with E-state index in [1.807, 2.05) is 6.07 Å². The molecule has 33 heavy (non-hydrogen) atoms. The van der Waals surface area contributed by atoms with Gasteiger partial charge in [0.25, 0.3) is 0 Å². The van der Waals surface area contributed by atoms with Crippen LogP contribution in [0, 0.1) is 11.7 Å². The summed E-state index contributed by atoms with van der Waals surface area (Å²) >= 11 is 0. The first-order chi connectivity index (χ1) is 16.1. The van der Waals surface area contributed by atoms with Crippen molar-refractivity contribution in [2.45, 2.75) is 57.4 Å². The molecule has 1 heterocycles. The largest absolute Gasteiger partial charge is 0.494 e. The van der Waals surface area contributed by atoms with E-state index in [-0.39, 0.29) is 11.9 Å². The molecule has 0 saturated carbocycles. The molecule has 1 N–H and O–H groups in total. The summed E-state index contributed by atoms with van der Waals surface area (Å²) in [7, 11) is 4.18. The van der Waals surface area contributed by atoms with Gasteiger partial charge >= 0.3 is 0 Å². The minimum atomic E-state index is -0.0711. The zero-order valence-corrected chi connectivity index (χ0v) is 20.3. The predicted molar refractivity (Wildman–Crippen MR) is 135 cm³/mol. The number of halogens is 1. The van der Waals surface area contributed by atoms with Gasteiger partial charge in [0, 0.05) is 18.5 Å². The van der Waals surface area contributed by atoms with Gasteiger partial charge in [-0.25, -0.2) is 4.39 Å². The highest BCUT2D eigenvalue weighted by Gasteiger charge is 2.26. The highest BCUT2D eigenvalue weighted by molar-refractivity contribution is 5.45.